The minimum Gasteiger partial charge on any atom is -0.384 e. The maximum absolute atomic E-state index is 11.3. The molecule has 1 aromatic carbocycles. The summed E-state index contributed by atoms with van der Waals surface area (Å²) in [5.74, 6) is 0.419. The molecule has 0 saturated heterocycles. The molecule has 0 aliphatic rings. The lowest BCUT2D eigenvalue weighted by atomic mass is 10.3. The number of nitrogens with one attached hydrogen (secondary N) is 1. The van der Waals surface area contributed by atoms with Crippen molar-refractivity contribution in [1.29, 1.82) is 0 Å². The van der Waals surface area contributed by atoms with Crippen LogP contribution in [0.2, 0.25) is 5.02 Å². The summed E-state index contributed by atoms with van der Waals surface area (Å²) >= 11 is 9.31. The van der Waals surface area contributed by atoms with Crippen LogP contribution in [-0.4, -0.2) is 26.5 Å². The monoisotopic (exact) mass is 339 g/mol. The Bertz CT molecular complexity index is 476. The van der Waals surface area contributed by atoms with Gasteiger partial charge in [0.25, 0.3) is 0 Å². The second-order valence-electron chi connectivity index (χ2n) is 3.62. The highest BCUT2D eigenvalue weighted by atomic mass is 79.9. The Morgan fingerprint density at radius 1 is 1.41 bits per heavy atom. The van der Waals surface area contributed by atoms with Crippen molar-refractivity contribution < 1.29 is 8.42 Å². The Labute approximate surface area is 116 Å². The van der Waals surface area contributed by atoms with Gasteiger partial charge in [-0.3, -0.25) is 0 Å². The van der Waals surface area contributed by atoms with Crippen molar-refractivity contribution in [2.24, 2.45) is 0 Å². The van der Waals surface area contributed by atoms with Crippen LogP contribution < -0.4 is 5.32 Å². The third-order valence-corrected chi connectivity index (χ3v) is 5.53. The van der Waals surface area contributed by atoms with Crippen molar-refractivity contribution in [3.63, 3.8) is 0 Å². The Hall–Kier alpha value is -0.260. The van der Waals surface area contributed by atoms with E-state index in [2.05, 4.69) is 21.2 Å². The normalized spacial score (nSPS) is 11.5. The van der Waals surface area contributed by atoms with Gasteiger partial charge in [-0.1, -0.05) is 24.6 Å². The quantitative estimate of drug-likeness (QED) is 0.808. The van der Waals surface area contributed by atoms with Crippen LogP contribution >= 0.6 is 27.5 Å². The summed E-state index contributed by atoms with van der Waals surface area (Å²) in [6, 6.07) is 5.53. The van der Waals surface area contributed by atoms with Crippen molar-refractivity contribution in [3.8, 4) is 0 Å². The average Bonchev–Trinajstić information content (AvgIpc) is 2.30. The third kappa shape index (κ3) is 4.85. The zero-order valence-electron chi connectivity index (χ0n) is 9.54. The molecule has 0 unspecified atom stereocenters. The molecule has 6 heteroatoms. The van der Waals surface area contributed by atoms with Gasteiger partial charge in [-0.05, 0) is 34.5 Å². The topological polar surface area (TPSA) is 46.2 Å². The molecule has 0 aliphatic carbocycles. The van der Waals surface area contributed by atoms with Gasteiger partial charge in [0.1, 0.15) is 9.84 Å². The van der Waals surface area contributed by atoms with E-state index in [1.165, 1.54) is 0 Å². The van der Waals surface area contributed by atoms with E-state index in [1.807, 2.05) is 12.1 Å². The third-order valence-electron chi connectivity index (χ3n) is 2.34. The highest BCUT2D eigenvalue weighted by molar-refractivity contribution is 9.10. The first-order valence-electron chi connectivity index (χ1n) is 5.34. The van der Waals surface area contributed by atoms with Gasteiger partial charge in [-0.2, -0.15) is 0 Å². The Kier molecular flexibility index (Phi) is 5.76. The van der Waals surface area contributed by atoms with Gasteiger partial charge in [0.05, 0.1) is 15.2 Å². The van der Waals surface area contributed by atoms with Crippen molar-refractivity contribution in [2.45, 2.75) is 13.3 Å². The first kappa shape index (κ1) is 14.8. The van der Waals surface area contributed by atoms with Gasteiger partial charge >= 0.3 is 0 Å². The standard InChI is InChI=1S/C11H15BrClNO2S/c1-2-17(15,16)8-4-7-14-10-6-3-5-9(13)11(10)12/h3,5-6,14H,2,4,7-8H2,1H3. The summed E-state index contributed by atoms with van der Waals surface area (Å²) in [4.78, 5) is 0. The van der Waals surface area contributed by atoms with Crippen molar-refractivity contribution in [1.82, 2.24) is 0 Å². The number of sulfone groups is 1. The van der Waals surface area contributed by atoms with Crippen molar-refractivity contribution in [2.75, 3.05) is 23.4 Å². The van der Waals surface area contributed by atoms with E-state index >= 15 is 0 Å². The lowest BCUT2D eigenvalue weighted by Crippen LogP contribution is -2.13. The van der Waals surface area contributed by atoms with Gasteiger partial charge < -0.3 is 5.32 Å². The van der Waals surface area contributed by atoms with Crippen LogP contribution in [0.25, 0.3) is 0 Å². The number of rotatable bonds is 6. The molecular formula is C11H15BrClNO2S. The molecule has 0 aliphatic heterocycles. The molecule has 1 aromatic rings. The summed E-state index contributed by atoms with van der Waals surface area (Å²) in [6.07, 6.45) is 0.592. The zero-order valence-corrected chi connectivity index (χ0v) is 12.7. The van der Waals surface area contributed by atoms with E-state index in [0.717, 1.165) is 10.2 Å². The van der Waals surface area contributed by atoms with E-state index in [4.69, 9.17) is 11.6 Å². The SMILES string of the molecule is CCS(=O)(=O)CCCNc1cccc(Cl)c1Br. The van der Waals surface area contributed by atoms with E-state index < -0.39 is 9.84 Å². The van der Waals surface area contributed by atoms with Crippen LogP contribution in [0.15, 0.2) is 22.7 Å². The van der Waals surface area contributed by atoms with E-state index in [-0.39, 0.29) is 11.5 Å². The van der Waals surface area contributed by atoms with Gasteiger partial charge in [-0.15, -0.1) is 0 Å². The second kappa shape index (κ2) is 6.61. The molecule has 0 heterocycles. The summed E-state index contributed by atoms with van der Waals surface area (Å²) in [5.41, 5.74) is 0.881. The van der Waals surface area contributed by atoms with Gasteiger partial charge in [0, 0.05) is 18.0 Å². The van der Waals surface area contributed by atoms with Gasteiger partial charge in [0.15, 0.2) is 0 Å². The van der Waals surface area contributed by atoms with Crippen molar-refractivity contribution in [3.05, 3.63) is 27.7 Å². The lowest BCUT2D eigenvalue weighted by Gasteiger charge is -2.09. The second-order valence-corrected chi connectivity index (χ2v) is 7.29. The summed E-state index contributed by atoms with van der Waals surface area (Å²) < 4.78 is 23.4. The fraction of sp³-hybridized carbons (Fsp3) is 0.455. The molecule has 0 atom stereocenters. The Balaban J connectivity index is 2.44. The van der Waals surface area contributed by atoms with Crippen LogP contribution in [0.5, 0.6) is 0 Å². The molecule has 0 aromatic heterocycles. The lowest BCUT2D eigenvalue weighted by molar-refractivity contribution is 0.595. The predicted molar refractivity (Wildman–Crippen MR) is 76.6 cm³/mol. The van der Waals surface area contributed by atoms with E-state index in [1.54, 1.807) is 13.0 Å². The highest BCUT2D eigenvalue weighted by Crippen LogP contribution is 2.29. The summed E-state index contributed by atoms with van der Waals surface area (Å²) in [7, 11) is -2.87. The van der Waals surface area contributed by atoms with Crippen LogP contribution in [0, 0.1) is 0 Å². The van der Waals surface area contributed by atoms with Crippen LogP contribution in [0.1, 0.15) is 13.3 Å². The maximum atomic E-state index is 11.3. The zero-order chi connectivity index (χ0) is 12.9. The highest BCUT2D eigenvalue weighted by Gasteiger charge is 2.07. The smallest absolute Gasteiger partial charge is 0.150 e. The number of hydrogen-bond acceptors (Lipinski definition) is 3. The number of halogens is 2. The number of hydrogen-bond donors (Lipinski definition) is 1. The van der Waals surface area contributed by atoms with Crippen LogP contribution in [0.4, 0.5) is 5.69 Å². The molecule has 0 amide bonds. The van der Waals surface area contributed by atoms with Crippen LogP contribution in [0.3, 0.4) is 0 Å². The molecule has 0 fully saturated rings. The molecule has 17 heavy (non-hydrogen) atoms. The molecule has 0 saturated carbocycles. The largest absolute Gasteiger partial charge is 0.384 e. The average molecular weight is 341 g/mol. The summed E-state index contributed by atoms with van der Waals surface area (Å²) in [5, 5.41) is 3.79. The Morgan fingerprint density at radius 3 is 2.76 bits per heavy atom. The van der Waals surface area contributed by atoms with Crippen molar-refractivity contribution >= 4 is 43.1 Å². The molecule has 0 radical (unpaired) electrons. The Morgan fingerprint density at radius 2 is 2.12 bits per heavy atom. The fourth-order valence-corrected chi connectivity index (χ4v) is 2.75. The minimum atomic E-state index is -2.87. The first-order valence-corrected chi connectivity index (χ1v) is 8.34. The molecule has 1 N–H and O–H groups in total. The summed E-state index contributed by atoms with van der Waals surface area (Å²) in [6.45, 7) is 2.27. The van der Waals surface area contributed by atoms with Gasteiger partial charge in [0.2, 0.25) is 0 Å². The fourth-order valence-electron chi connectivity index (χ4n) is 1.30. The molecule has 3 nitrogen and oxygen atoms in total. The number of benzene rings is 1. The molecule has 0 spiro atoms. The molecular weight excluding hydrogens is 326 g/mol. The molecule has 0 bridgehead atoms. The molecule has 96 valence electrons. The first-order chi connectivity index (χ1) is 7.96. The number of anilines is 1. The molecule has 1 rings (SSSR count). The van der Waals surface area contributed by atoms with E-state index in [9.17, 15) is 8.42 Å². The van der Waals surface area contributed by atoms with Crippen LogP contribution in [-0.2, 0) is 9.84 Å². The van der Waals surface area contributed by atoms with E-state index in [0.29, 0.717) is 18.0 Å². The predicted octanol–water partition coefficient (Wildman–Crippen LogP) is 3.34. The maximum Gasteiger partial charge on any atom is 0.150 e. The minimum absolute atomic E-state index is 0.202. The van der Waals surface area contributed by atoms with Gasteiger partial charge in [-0.25, -0.2) is 8.42 Å².